The average Bonchev–Trinajstić information content (AvgIpc) is 2.45. The third-order valence-electron chi connectivity index (χ3n) is 2.88. The molecule has 126 valence electrons. The van der Waals surface area contributed by atoms with Crippen molar-refractivity contribution < 1.29 is 17.9 Å². The van der Waals surface area contributed by atoms with Crippen LogP contribution >= 0.6 is 0 Å². The highest BCUT2D eigenvalue weighted by Gasteiger charge is 2.31. The lowest BCUT2D eigenvalue weighted by Crippen LogP contribution is -2.27. The molecule has 0 aliphatic heterocycles. The summed E-state index contributed by atoms with van der Waals surface area (Å²) >= 11 is 0. The van der Waals surface area contributed by atoms with Gasteiger partial charge in [-0.25, -0.2) is 0 Å². The minimum atomic E-state index is -4.50. The molecule has 0 radical (unpaired) electrons. The summed E-state index contributed by atoms with van der Waals surface area (Å²) in [6.07, 6.45) is -2.00. The summed E-state index contributed by atoms with van der Waals surface area (Å²) in [5.74, 6) is 0.575. The van der Waals surface area contributed by atoms with E-state index in [1.54, 1.807) is 6.19 Å². The molecule has 0 saturated carbocycles. The molecule has 0 atom stereocenters. The van der Waals surface area contributed by atoms with Crippen molar-refractivity contribution in [2.45, 2.75) is 26.4 Å². The van der Waals surface area contributed by atoms with Gasteiger partial charge in [-0.2, -0.15) is 18.4 Å². The van der Waals surface area contributed by atoms with Crippen LogP contribution in [0, 0.1) is 17.4 Å². The summed E-state index contributed by atoms with van der Waals surface area (Å²) in [5, 5.41) is 13.7. The number of guanidine groups is 1. The molecule has 8 heteroatoms. The van der Waals surface area contributed by atoms with Gasteiger partial charge in [0, 0.05) is 18.3 Å². The van der Waals surface area contributed by atoms with Crippen LogP contribution in [0.4, 0.5) is 18.9 Å². The summed E-state index contributed by atoms with van der Waals surface area (Å²) in [7, 11) is 1.28. The van der Waals surface area contributed by atoms with E-state index in [2.05, 4.69) is 15.6 Å². The van der Waals surface area contributed by atoms with Crippen molar-refractivity contribution in [2.24, 2.45) is 10.9 Å². The number of halogens is 3. The Labute approximate surface area is 133 Å². The van der Waals surface area contributed by atoms with Gasteiger partial charge in [-0.1, -0.05) is 13.8 Å². The van der Waals surface area contributed by atoms with Crippen molar-refractivity contribution in [1.29, 1.82) is 5.26 Å². The molecule has 2 N–H and O–H groups in total. The van der Waals surface area contributed by atoms with Crippen molar-refractivity contribution >= 4 is 11.6 Å². The van der Waals surface area contributed by atoms with Gasteiger partial charge in [0.2, 0.25) is 5.96 Å². The van der Waals surface area contributed by atoms with Crippen LogP contribution in [0.3, 0.4) is 0 Å². The second-order valence-corrected chi connectivity index (χ2v) is 5.22. The van der Waals surface area contributed by atoms with Crippen LogP contribution in [0.2, 0.25) is 0 Å². The summed E-state index contributed by atoms with van der Waals surface area (Å²) in [6.45, 7) is 4.50. The number of alkyl halides is 3. The Balaban J connectivity index is 3.01. The molecule has 0 aliphatic carbocycles. The van der Waals surface area contributed by atoms with Gasteiger partial charge in [0.1, 0.15) is 5.75 Å². The van der Waals surface area contributed by atoms with Crippen LogP contribution < -0.4 is 15.4 Å². The summed E-state index contributed by atoms with van der Waals surface area (Å²) < 4.78 is 43.5. The van der Waals surface area contributed by atoms with Crippen LogP contribution in [0.1, 0.15) is 25.8 Å². The number of ether oxygens (including phenoxy) is 1. The Morgan fingerprint density at radius 1 is 1.35 bits per heavy atom. The maximum Gasteiger partial charge on any atom is 0.416 e. The highest BCUT2D eigenvalue weighted by Crippen LogP contribution is 2.34. The molecule has 0 spiro atoms. The monoisotopic (exact) mass is 328 g/mol. The second kappa shape index (κ2) is 8.27. The number of hydrogen-bond acceptors (Lipinski definition) is 3. The van der Waals surface area contributed by atoms with Gasteiger partial charge >= 0.3 is 6.18 Å². The van der Waals surface area contributed by atoms with Crippen molar-refractivity contribution in [2.75, 3.05) is 19.0 Å². The lowest BCUT2D eigenvalue weighted by molar-refractivity contribution is -0.137. The summed E-state index contributed by atoms with van der Waals surface area (Å²) in [5.41, 5.74) is -0.722. The largest absolute Gasteiger partial charge is 0.497 e. The van der Waals surface area contributed by atoms with E-state index < -0.39 is 11.7 Å². The fraction of sp³-hybridized carbons (Fsp3) is 0.467. The number of rotatable bonds is 5. The third-order valence-corrected chi connectivity index (χ3v) is 2.88. The molecular weight excluding hydrogens is 309 g/mol. The Morgan fingerprint density at radius 3 is 2.57 bits per heavy atom. The van der Waals surface area contributed by atoms with Crippen LogP contribution in [0.5, 0.6) is 5.75 Å². The minimum Gasteiger partial charge on any atom is -0.497 e. The normalized spacial score (nSPS) is 12.0. The van der Waals surface area contributed by atoms with Crippen molar-refractivity contribution in [1.82, 2.24) is 5.32 Å². The zero-order chi connectivity index (χ0) is 17.5. The lowest BCUT2D eigenvalue weighted by atomic mass is 10.1. The number of hydrogen-bond donors (Lipinski definition) is 2. The summed E-state index contributed by atoms with van der Waals surface area (Å²) in [4.78, 5) is 4.15. The first-order chi connectivity index (χ1) is 10.8. The third kappa shape index (κ3) is 6.46. The number of nitriles is 1. The van der Waals surface area contributed by atoms with E-state index in [-0.39, 0.29) is 17.4 Å². The highest BCUT2D eigenvalue weighted by atomic mass is 19.4. The van der Waals surface area contributed by atoms with Crippen molar-refractivity contribution in [3.05, 3.63) is 23.8 Å². The van der Waals surface area contributed by atoms with E-state index in [9.17, 15) is 13.2 Å². The first-order valence-electron chi connectivity index (χ1n) is 6.99. The molecule has 0 fully saturated rings. The number of aliphatic imine (C=N–C) groups is 1. The lowest BCUT2D eigenvalue weighted by Gasteiger charge is -2.13. The number of benzene rings is 1. The standard InChI is InChI=1S/C15H19F3N4O/c1-10(2)4-5-20-14(21-9-19)22-12-6-11(15(16,17)18)7-13(8-12)23-3/h6-8,10H,4-5H2,1-3H3,(H2,20,21,22). The molecule has 0 unspecified atom stereocenters. The maximum atomic E-state index is 12.9. The predicted octanol–water partition coefficient (Wildman–Crippen LogP) is 3.60. The van der Waals surface area contributed by atoms with Crippen LogP contribution in [-0.2, 0) is 6.18 Å². The Bertz CT molecular complexity index is 591. The van der Waals surface area contributed by atoms with Gasteiger partial charge in [-0.3, -0.25) is 10.3 Å². The molecule has 0 bridgehead atoms. The molecule has 1 rings (SSSR count). The van der Waals surface area contributed by atoms with Crippen LogP contribution in [-0.4, -0.2) is 19.6 Å². The van der Waals surface area contributed by atoms with Gasteiger partial charge in [0.05, 0.1) is 12.7 Å². The van der Waals surface area contributed by atoms with Crippen molar-refractivity contribution in [3.63, 3.8) is 0 Å². The van der Waals surface area contributed by atoms with E-state index >= 15 is 0 Å². The quantitative estimate of drug-likeness (QED) is 0.375. The summed E-state index contributed by atoms with van der Waals surface area (Å²) in [6, 6.07) is 3.23. The minimum absolute atomic E-state index is 0.0563. The first kappa shape index (κ1) is 18.6. The Kier molecular flexibility index (Phi) is 6.69. The zero-order valence-corrected chi connectivity index (χ0v) is 13.2. The predicted molar refractivity (Wildman–Crippen MR) is 82.1 cm³/mol. The fourth-order valence-electron chi connectivity index (χ4n) is 1.69. The van der Waals surface area contributed by atoms with Gasteiger partial charge in [0.25, 0.3) is 0 Å². The topological polar surface area (TPSA) is 69.4 Å². The Morgan fingerprint density at radius 2 is 2.04 bits per heavy atom. The van der Waals surface area contributed by atoms with Gasteiger partial charge in [-0.15, -0.1) is 0 Å². The van der Waals surface area contributed by atoms with E-state index in [1.165, 1.54) is 13.2 Å². The molecule has 5 nitrogen and oxygen atoms in total. The van der Waals surface area contributed by atoms with E-state index in [4.69, 9.17) is 10.00 Å². The molecule has 0 amide bonds. The molecule has 0 heterocycles. The number of methoxy groups -OCH3 is 1. The van der Waals surface area contributed by atoms with Gasteiger partial charge < -0.3 is 10.1 Å². The molecule has 1 aromatic rings. The molecule has 0 saturated heterocycles. The van der Waals surface area contributed by atoms with Crippen molar-refractivity contribution in [3.8, 4) is 11.9 Å². The van der Waals surface area contributed by atoms with E-state index in [1.807, 2.05) is 13.8 Å². The highest BCUT2D eigenvalue weighted by molar-refractivity contribution is 5.94. The number of nitrogens with one attached hydrogen (secondary N) is 2. The van der Waals surface area contributed by atoms with Crippen LogP contribution in [0.15, 0.2) is 23.2 Å². The SMILES string of the molecule is COc1cc(NC(=NCCC(C)C)NC#N)cc(C(F)(F)F)c1. The second-order valence-electron chi connectivity index (χ2n) is 5.22. The average molecular weight is 328 g/mol. The molecular formula is C15H19F3N4O. The number of anilines is 1. The molecule has 23 heavy (non-hydrogen) atoms. The van der Waals surface area contributed by atoms with E-state index in [0.717, 1.165) is 18.6 Å². The first-order valence-corrected chi connectivity index (χ1v) is 6.99. The van der Waals surface area contributed by atoms with E-state index in [0.29, 0.717) is 12.5 Å². The molecule has 0 aromatic heterocycles. The number of nitrogens with zero attached hydrogens (tertiary/aromatic N) is 2. The molecule has 1 aromatic carbocycles. The maximum absolute atomic E-state index is 12.9. The van der Waals surface area contributed by atoms with Crippen LogP contribution in [0.25, 0.3) is 0 Å². The Hall–Kier alpha value is -2.43. The molecule has 0 aliphatic rings. The van der Waals surface area contributed by atoms with Gasteiger partial charge in [-0.05, 0) is 24.5 Å². The fourth-order valence-corrected chi connectivity index (χ4v) is 1.69. The smallest absolute Gasteiger partial charge is 0.416 e. The zero-order valence-electron chi connectivity index (χ0n) is 13.2. The van der Waals surface area contributed by atoms with Gasteiger partial charge in [0.15, 0.2) is 6.19 Å².